The number of aromatic nitrogens is 3. The Labute approximate surface area is 176 Å². The third-order valence-electron chi connectivity index (χ3n) is 6.52. The highest BCUT2D eigenvalue weighted by Crippen LogP contribution is 2.43. The first-order valence-electron chi connectivity index (χ1n) is 10.7. The molecule has 1 unspecified atom stereocenters. The molecule has 1 saturated heterocycles. The Morgan fingerprint density at radius 1 is 1.17 bits per heavy atom. The fourth-order valence-electron chi connectivity index (χ4n) is 4.92. The molecule has 0 radical (unpaired) electrons. The third-order valence-corrected chi connectivity index (χ3v) is 6.52. The lowest BCUT2D eigenvalue weighted by atomic mass is 9.77. The van der Waals surface area contributed by atoms with Crippen LogP contribution in [0.3, 0.4) is 0 Å². The van der Waals surface area contributed by atoms with Gasteiger partial charge in [0.25, 0.3) is 0 Å². The normalized spacial score (nSPS) is 20.5. The van der Waals surface area contributed by atoms with E-state index in [2.05, 4.69) is 9.97 Å². The van der Waals surface area contributed by atoms with Gasteiger partial charge >= 0.3 is 0 Å². The summed E-state index contributed by atoms with van der Waals surface area (Å²) in [6, 6.07) is 9.80. The molecule has 0 saturated carbocycles. The van der Waals surface area contributed by atoms with Crippen molar-refractivity contribution in [2.24, 2.45) is 0 Å². The minimum atomic E-state index is -0.0228. The average Bonchev–Trinajstić information content (AvgIpc) is 3.29. The molecule has 2 aromatic heterocycles. The molecular formula is C24H26N4O2. The van der Waals surface area contributed by atoms with Crippen molar-refractivity contribution in [2.75, 3.05) is 13.1 Å². The van der Waals surface area contributed by atoms with E-state index in [-0.39, 0.29) is 17.7 Å². The van der Waals surface area contributed by atoms with Crippen LogP contribution in [0, 0.1) is 13.8 Å². The molecule has 5 rings (SSSR count). The molecule has 2 aliphatic rings. The van der Waals surface area contributed by atoms with E-state index in [1.54, 1.807) is 0 Å². The highest BCUT2D eigenvalue weighted by atomic mass is 16.4. The summed E-state index contributed by atoms with van der Waals surface area (Å²) >= 11 is 0. The van der Waals surface area contributed by atoms with Crippen LogP contribution in [-0.4, -0.2) is 38.8 Å². The number of aryl methyl sites for hydroxylation is 3. The van der Waals surface area contributed by atoms with Crippen molar-refractivity contribution in [2.45, 2.75) is 51.4 Å². The van der Waals surface area contributed by atoms with Crippen LogP contribution in [-0.2, 0) is 23.1 Å². The topological polar surface area (TPSA) is 72.1 Å². The summed E-state index contributed by atoms with van der Waals surface area (Å²) in [5, 5.41) is 0. The molecule has 1 aliphatic heterocycles. The second-order valence-corrected chi connectivity index (χ2v) is 8.55. The van der Waals surface area contributed by atoms with Crippen LogP contribution in [0.5, 0.6) is 0 Å². The monoisotopic (exact) mass is 402 g/mol. The molecule has 3 aromatic rings. The van der Waals surface area contributed by atoms with Crippen molar-refractivity contribution in [3.8, 4) is 11.5 Å². The molecule has 1 aliphatic carbocycles. The minimum Gasteiger partial charge on any atom is -0.441 e. The summed E-state index contributed by atoms with van der Waals surface area (Å²) in [6.45, 7) is 5.35. The van der Waals surface area contributed by atoms with Gasteiger partial charge in [-0.25, -0.2) is 15.0 Å². The van der Waals surface area contributed by atoms with Crippen LogP contribution in [0.1, 0.15) is 47.8 Å². The first kappa shape index (κ1) is 19.0. The second kappa shape index (κ2) is 7.35. The van der Waals surface area contributed by atoms with Gasteiger partial charge in [-0.15, -0.1) is 0 Å². The number of hydrogen-bond donors (Lipinski definition) is 0. The van der Waals surface area contributed by atoms with E-state index < -0.39 is 0 Å². The van der Waals surface area contributed by atoms with E-state index in [1.165, 1.54) is 5.56 Å². The van der Waals surface area contributed by atoms with Crippen molar-refractivity contribution in [3.63, 3.8) is 0 Å². The Morgan fingerprint density at radius 2 is 2.00 bits per heavy atom. The maximum atomic E-state index is 13.2. The van der Waals surface area contributed by atoms with Crippen LogP contribution in [0.4, 0.5) is 0 Å². The predicted octanol–water partition coefficient (Wildman–Crippen LogP) is 3.80. The Kier molecular flexibility index (Phi) is 4.65. The highest BCUT2D eigenvalue weighted by molar-refractivity contribution is 5.79. The van der Waals surface area contributed by atoms with Gasteiger partial charge in [-0.2, -0.15) is 0 Å². The Hall–Kier alpha value is -3.02. The molecule has 3 heterocycles. The zero-order valence-corrected chi connectivity index (χ0v) is 17.5. The fourth-order valence-corrected chi connectivity index (χ4v) is 4.92. The second-order valence-electron chi connectivity index (χ2n) is 8.55. The Morgan fingerprint density at radius 3 is 2.83 bits per heavy atom. The lowest BCUT2D eigenvalue weighted by molar-refractivity contribution is -0.132. The van der Waals surface area contributed by atoms with Crippen LogP contribution in [0.15, 0.2) is 40.9 Å². The summed E-state index contributed by atoms with van der Waals surface area (Å²) < 4.78 is 5.84. The Balaban J connectivity index is 1.35. The van der Waals surface area contributed by atoms with Gasteiger partial charge in [-0.3, -0.25) is 4.79 Å². The zero-order valence-electron chi connectivity index (χ0n) is 17.5. The molecule has 0 bridgehead atoms. The number of rotatable bonds is 3. The van der Waals surface area contributed by atoms with E-state index in [1.807, 2.05) is 55.3 Å². The highest BCUT2D eigenvalue weighted by Gasteiger charge is 2.44. The number of amides is 1. The van der Waals surface area contributed by atoms with Gasteiger partial charge in [0, 0.05) is 30.3 Å². The Bertz CT molecular complexity index is 1090. The summed E-state index contributed by atoms with van der Waals surface area (Å²) in [4.78, 5) is 29.0. The molecule has 1 aromatic carbocycles. The van der Waals surface area contributed by atoms with Gasteiger partial charge in [0.05, 0.1) is 17.8 Å². The average molecular weight is 402 g/mol. The molecular weight excluding hydrogens is 376 g/mol. The lowest BCUT2D eigenvalue weighted by Gasteiger charge is -2.40. The van der Waals surface area contributed by atoms with Crippen LogP contribution < -0.4 is 0 Å². The number of oxazole rings is 1. The number of nitrogens with zero attached hydrogens (tertiary/aromatic N) is 4. The van der Waals surface area contributed by atoms with Crippen molar-refractivity contribution >= 4 is 5.91 Å². The summed E-state index contributed by atoms with van der Waals surface area (Å²) in [6.07, 6.45) is 6.37. The van der Waals surface area contributed by atoms with Gasteiger partial charge in [-0.1, -0.05) is 18.2 Å². The van der Waals surface area contributed by atoms with E-state index in [9.17, 15) is 4.79 Å². The minimum absolute atomic E-state index is 0.0228. The van der Waals surface area contributed by atoms with Gasteiger partial charge in [0.2, 0.25) is 11.8 Å². The number of hydrogen-bond acceptors (Lipinski definition) is 5. The molecule has 1 spiro atoms. The van der Waals surface area contributed by atoms with Gasteiger partial charge < -0.3 is 9.32 Å². The van der Waals surface area contributed by atoms with Gasteiger partial charge in [0.1, 0.15) is 11.6 Å². The van der Waals surface area contributed by atoms with Gasteiger partial charge in [-0.05, 0) is 57.2 Å². The number of likely N-dealkylation sites (tertiary alicyclic amines) is 1. The predicted molar refractivity (Wildman–Crippen MR) is 113 cm³/mol. The molecule has 30 heavy (non-hydrogen) atoms. The molecule has 154 valence electrons. The maximum absolute atomic E-state index is 13.2. The molecule has 0 N–H and O–H groups in total. The van der Waals surface area contributed by atoms with Crippen molar-refractivity contribution in [1.82, 2.24) is 19.9 Å². The van der Waals surface area contributed by atoms with E-state index in [0.717, 1.165) is 61.5 Å². The standard InChI is InChI=1S/C24H26N4O2/c1-16-20(27-23(30-16)18-7-4-3-5-8-18)13-21(29)28-12-6-10-24(15-28)11-9-19-14-25-17(2)26-22(19)24/h3-5,7-8,14H,6,9-13,15H2,1-2H3. The summed E-state index contributed by atoms with van der Waals surface area (Å²) in [5.74, 6) is 2.21. The lowest BCUT2D eigenvalue weighted by Crippen LogP contribution is -2.48. The summed E-state index contributed by atoms with van der Waals surface area (Å²) in [5.41, 5.74) is 4.04. The number of carbonyl (C=O) groups is 1. The third kappa shape index (κ3) is 3.30. The zero-order chi connectivity index (χ0) is 20.7. The van der Waals surface area contributed by atoms with Gasteiger partial charge in [0.15, 0.2) is 0 Å². The van der Waals surface area contributed by atoms with Crippen molar-refractivity contribution < 1.29 is 9.21 Å². The van der Waals surface area contributed by atoms with E-state index in [0.29, 0.717) is 11.7 Å². The number of piperidine rings is 1. The quantitative estimate of drug-likeness (QED) is 0.666. The maximum Gasteiger partial charge on any atom is 0.228 e. The fraction of sp³-hybridized carbons (Fsp3) is 0.417. The van der Waals surface area contributed by atoms with Crippen LogP contribution in [0.2, 0.25) is 0 Å². The molecule has 1 atom stereocenters. The molecule has 1 amide bonds. The van der Waals surface area contributed by atoms with Crippen molar-refractivity contribution in [3.05, 3.63) is 65.1 Å². The SMILES string of the molecule is Cc1ncc2c(n1)C1(CCCN(C(=O)Cc3nc(-c4ccccc4)oc3C)C1)CC2. The van der Waals surface area contributed by atoms with Crippen molar-refractivity contribution in [1.29, 1.82) is 0 Å². The summed E-state index contributed by atoms with van der Waals surface area (Å²) in [7, 11) is 0. The first-order valence-corrected chi connectivity index (χ1v) is 10.7. The van der Waals surface area contributed by atoms with E-state index >= 15 is 0 Å². The first-order chi connectivity index (χ1) is 14.5. The van der Waals surface area contributed by atoms with Crippen LogP contribution >= 0.6 is 0 Å². The van der Waals surface area contributed by atoms with Crippen LogP contribution in [0.25, 0.3) is 11.5 Å². The molecule has 6 nitrogen and oxygen atoms in total. The molecule has 1 fully saturated rings. The smallest absolute Gasteiger partial charge is 0.228 e. The number of benzene rings is 1. The molecule has 6 heteroatoms. The number of fused-ring (bicyclic) bond motifs is 2. The largest absolute Gasteiger partial charge is 0.441 e. The number of carbonyl (C=O) groups excluding carboxylic acids is 1. The van der Waals surface area contributed by atoms with E-state index in [4.69, 9.17) is 9.40 Å².